The molecule has 0 saturated carbocycles. The van der Waals surface area contributed by atoms with Gasteiger partial charge >= 0.3 is 0 Å². The molecule has 2 rings (SSSR count). The van der Waals surface area contributed by atoms with Gasteiger partial charge in [-0.1, -0.05) is 0 Å². The van der Waals surface area contributed by atoms with Crippen molar-refractivity contribution in [3.63, 3.8) is 0 Å². The highest BCUT2D eigenvalue weighted by Gasteiger charge is 2.24. The van der Waals surface area contributed by atoms with E-state index in [9.17, 15) is 25.1 Å². The number of nitrogens with one attached hydrogen (secondary N) is 2. The monoisotopic (exact) mass is 307 g/mol. The standard InChI is InChI=1S/C12H13N5O5/c18-5-9(15-12(20)11-13-6-14-16-11)10(19)7-1-3-8(4-2-7)17(21)22/h1-4,6,9-10,18-19H,5H2,(H,15,20)(H,13,14,16)/t9-,10-/m1/s1. The summed E-state index contributed by atoms with van der Waals surface area (Å²) in [5.41, 5.74) is 0.199. The van der Waals surface area contributed by atoms with Gasteiger partial charge in [0.25, 0.3) is 11.6 Å². The maximum atomic E-state index is 11.8. The van der Waals surface area contributed by atoms with Gasteiger partial charge in [0.15, 0.2) is 0 Å². The quantitative estimate of drug-likeness (QED) is 0.415. The summed E-state index contributed by atoms with van der Waals surface area (Å²) in [5.74, 6) is -0.702. The number of aliphatic hydroxyl groups is 2. The number of amides is 1. The van der Waals surface area contributed by atoms with E-state index in [0.717, 1.165) is 6.33 Å². The van der Waals surface area contributed by atoms with Gasteiger partial charge in [0, 0.05) is 12.1 Å². The molecule has 4 N–H and O–H groups in total. The summed E-state index contributed by atoms with van der Waals surface area (Å²) >= 11 is 0. The molecule has 0 aliphatic carbocycles. The Hall–Kier alpha value is -2.85. The first-order valence-electron chi connectivity index (χ1n) is 6.22. The number of hydrogen-bond donors (Lipinski definition) is 4. The van der Waals surface area contributed by atoms with Crippen molar-refractivity contribution in [1.29, 1.82) is 0 Å². The summed E-state index contributed by atoms with van der Waals surface area (Å²) < 4.78 is 0. The SMILES string of the molecule is O=C(N[C@H](CO)[C@H](O)c1ccc([N+](=O)[O-])cc1)c1ncn[nH]1. The largest absolute Gasteiger partial charge is 0.394 e. The van der Waals surface area contributed by atoms with E-state index in [1.807, 2.05) is 0 Å². The van der Waals surface area contributed by atoms with Crippen LogP contribution in [0.5, 0.6) is 0 Å². The third kappa shape index (κ3) is 3.42. The van der Waals surface area contributed by atoms with E-state index in [-0.39, 0.29) is 11.5 Å². The van der Waals surface area contributed by atoms with E-state index >= 15 is 0 Å². The number of aliphatic hydroxyl groups excluding tert-OH is 2. The zero-order valence-electron chi connectivity index (χ0n) is 11.2. The van der Waals surface area contributed by atoms with E-state index in [2.05, 4.69) is 20.5 Å². The zero-order valence-corrected chi connectivity index (χ0v) is 11.2. The number of aromatic amines is 1. The van der Waals surface area contributed by atoms with Gasteiger partial charge in [-0.3, -0.25) is 20.0 Å². The van der Waals surface area contributed by atoms with Crippen molar-refractivity contribution in [3.05, 3.63) is 52.1 Å². The minimum atomic E-state index is -1.24. The van der Waals surface area contributed by atoms with Crippen molar-refractivity contribution >= 4 is 11.6 Å². The van der Waals surface area contributed by atoms with Crippen LogP contribution in [-0.2, 0) is 0 Å². The van der Waals surface area contributed by atoms with Crippen LogP contribution in [-0.4, -0.2) is 48.9 Å². The summed E-state index contributed by atoms with van der Waals surface area (Å²) in [6.07, 6.45) is -0.0898. The Bertz CT molecular complexity index is 642. The lowest BCUT2D eigenvalue weighted by Crippen LogP contribution is -2.42. The Morgan fingerprint density at radius 2 is 2.09 bits per heavy atom. The fraction of sp³-hybridized carbons (Fsp3) is 0.250. The molecule has 0 aliphatic rings. The van der Waals surface area contributed by atoms with E-state index in [1.165, 1.54) is 24.3 Å². The van der Waals surface area contributed by atoms with Crippen molar-refractivity contribution in [2.75, 3.05) is 6.61 Å². The smallest absolute Gasteiger partial charge is 0.289 e. The molecule has 1 aromatic heterocycles. The molecular formula is C12H13N5O5. The van der Waals surface area contributed by atoms with Crippen LogP contribution in [0.15, 0.2) is 30.6 Å². The summed E-state index contributed by atoms with van der Waals surface area (Å²) in [4.78, 5) is 25.5. The molecular weight excluding hydrogens is 294 g/mol. The Balaban J connectivity index is 2.09. The van der Waals surface area contributed by atoms with Gasteiger partial charge in [-0.05, 0) is 17.7 Å². The molecule has 0 radical (unpaired) electrons. The molecule has 1 heterocycles. The van der Waals surface area contributed by atoms with Crippen molar-refractivity contribution < 1.29 is 19.9 Å². The molecule has 0 spiro atoms. The highest BCUT2D eigenvalue weighted by atomic mass is 16.6. The van der Waals surface area contributed by atoms with E-state index in [0.29, 0.717) is 5.56 Å². The average Bonchev–Trinajstić information content (AvgIpc) is 3.06. The molecule has 10 nitrogen and oxygen atoms in total. The number of carbonyl (C=O) groups is 1. The van der Waals surface area contributed by atoms with E-state index in [1.54, 1.807) is 0 Å². The van der Waals surface area contributed by atoms with Gasteiger partial charge in [-0.2, -0.15) is 5.10 Å². The minimum absolute atomic E-state index is 0.0608. The molecule has 0 saturated heterocycles. The van der Waals surface area contributed by atoms with E-state index in [4.69, 9.17) is 0 Å². The summed E-state index contributed by atoms with van der Waals surface area (Å²) in [5, 5.41) is 38.3. The molecule has 10 heteroatoms. The number of H-pyrrole nitrogens is 1. The molecule has 0 bridgehead atoms. The van der Waals surface area contributed by atoms with Crippen LogP contribution >= 0.6 is 0 Å². The lowest BCUT2D eigenvalue weighted by Gasteiger charge is -2.22. The summed E-state index contributed by atoms with van der Waals surface area (Å²) in [7, 11) is 0. The molecule has 2 atom stereocenters. The second kappa shape index (κ2) is 6.74. The number of carbonyl (C=O) groups excluding carboxylic acids is 1. The van der Waals surface area contributed by atoms with Crippen LogP contribution in [0.25, 0.3) is 0 Å². The number of benzene rings is 1. The van der Waals surface area contributed by atoms with Crippen molar-refractivity contribution in [2.24, 2.45) is 0 Å². The number of rotatable bonds is 6. The maximum Gasteiger partial charge on any atom is 0.289 e. The van der Waals surface area contributed by atoms with Gasteiger partial charge < -0.3 is 15.5 Å². The summed E-state index contributed by atoms with van der Waals surface area (Å²) in [6, 6.07) is 4.16. The highest BCUT2D eigenvalue weighted by molar-refractivity contribution is 5.90. The van der Waals surface area contributed by atoms with Gasteiger partial charge in [-0.15, -0.1) is 0 Å². The zero-order chi connectivity index (χ0) is 16.1. The highest BCUT2D eigenvalue weighted by Crippen LogP contribution is 2.20. The van der Waals surface area contributed by atoms with Crippen molar-refractivity contribution in [1.82, 2.24) is 20.5 Å². The van der Waals surface area contributed by atoms with Crippen LogP contribution in [0.4, 0.5) is 5.69 Å². The van der Waals surface area contributed by atoms with Crippen LogP contribution in [0.2, 0.25) is 0 Å². The van der Waals surface area contributed by atoms with Crippen LogP contribution in [0.3, 0.4) is 0 Å². The predicted molar refractivity (Wildman–Crippen MR) is 72.8 cm³/mol. The lowest BCUT2D eigenvalue weighted by molar-refractivity contribution is -0.384. The molecule has 1 amide bonds. The number of aromatic nitrogens is 3. The molecule has 1 aromatic carbocycles. The number of nitro benzene ring substituents is 1. The van der Waals surface area contributed by atoms with Gasteiger partial charge in [0.1, 0.15) is 12.4 Å². The lowest BCUT2D eigenvalue weighted by atomic mass is 10.0. The Labute approximate surface area is 124 Å². The third-order valence-corrected chi connectivity index (χ3v) is 2.97. The Kier molecular flexibility index (Phi) is 4.76. The molecule has 0 unspecified atom stereocenters. The first-order valence-corrected chi connectivity index (χ1v) is 6.22. The first-order chi connectivity index (χ1) is 10.5. The topological polar surface area (TPSA) is 154 Å². The number of nitro groups is 1. The molecule has 0 fully saturated rings. The second-order valence-corrected chi connectivity index (χ2v) is 4.39. The Morgan fingerprint density at radius 1 is 1.41 bits per heavy atom. The van der Waals surface area contributed by atoms with Gasteiger partial charge in [-0.25, -0.2) is 4.98 Å². The second-order valence-electron chi connectivity index (χ2n) is 4.39. The molecule has 116 valence electrons. The summed E-state index contributed by atoms with van der Waals surface area (Å²) in [6.45, 7) is -0.530. The van der Waals surface area contributed by atoms with Crippen LogP contribution in [0.1, 0.15) is 22.3 Å². The number of non-ortho nitro benzene ring substituents is 1. The fourth-order valence-electron chi connectivity index (χ4n) is 1.80. The first kappa shape index (κ1) is 15.5. The van der Waals surface area contributed by atoms with Gasteiger partial charge in [0.2, 0.25) is 5.82 Å². The minimum Gasteiger partial charge on any atom is -0.394 e. The molecule has 2 aromatic rings. The average molecular weight is 307 g/mol. The van der Waals surface area contributed by atoms with Crippen molar-refractivity contribution in [3.8, 4) is 0 Å². The van der Waals surface area contributed by atoms with E-state index < -0.39 is 29.6 Å². The maximum absolute atomic E-state index is 11.8. The number of hydrogen-bond acceptors (Lipinski definition) is 7. The predicted octanol–water partition coefficient (Wildman–Crippen LogP) is -0.463. The number of nitrogens with zero attached hydrogens (tertiary/aromatic N) is 3. The van der Waals surface area contributed by atoms with Crippen LogP contribution in [0, 0.1) is 10.1 Å². The molecule has 22 heavy (non-hydrogen) atoms. The Morgan fingerprint density at radius 3 is 2.59 bits per heavy atom. The third-order valence-electron chi connectivity index (χ3n) is 2.97. The molecule has 0 aliphatic heterocycles. The normalized spacial score (nSPS) is 13.4. The van der Waals surface area contributed by atoms with Crippen molar-refractivity contribution in [2.45, 2.75) is 12.1 Å². The van der Waals surface area contributed by atoms with Crippen LogP contribution < -0.4 is 5.32 Å². The van der Waals surface area contributed by atoms with Gasteiger partial charge in [0.05, 0.1) is 17.6 Å². The fourth-order valence-corrected chi connectivity index (χ4v) is 1.80.